The Morgan fingerprint density at radius 2 is 1.55 bits per heavy atom. The number of sulfonamides is 1. The lowest BCUT2D eigenvalue weighted by molar-refractivity contribution is -0.139. The third-order valence-electron chi connectivity index (χ3n) is 5.53. The summed E-state index contributed by atoms with van der Waals surface area (Å²) in [5.41, 5.74) is 4.31. The number of hydrogen-bond donors (Lipinski definition) is 1. The van der Waals surface area contributed by atoms with Gasteiger partial charge in [-0.1, -0.05) is 35.9 Å². The van der Waals surface area contributed by atoms with Gasteiger partial charge in [-0.05, 0) is 70.4 Å². The number of benzene rings is 2. The SMILES string of the molecule is Cc1ccc(CN(C(=O)CN(c2ccc(C)c(C)c2)S(C)(=O)=O)C(C)C(=O)NC(C)C)cc1. The zero-order valence-electron chi connectivity index (χ0n) is 20.5. The molecule has 2 rings (SSSR count). The molecule has 0 heterocycles. The molecule has 0 saturated carbocycles. The van der Waals surface area contributed by atoms with Crippen LogP contribution in [0.3, 0.4) is 0 Å². The highest BCUT2D eigenvalue weighted by Crippen LogP contribution is 2.22. The third-order valence-corrected chi connectivity index (χ3v) is 6.67. The van der Waals surface area contributed by atoms with Crippen molar-refractivity contribution in [2.75, 3.05) is 17.1 Å². The van der Waals surface area contributed by atoms with E-state index in [0.717, 1.165) is 32.8 Å². The van der Waals surface area contributed by atoms with E-state index < -0.39 is 28.5 Å². The smallest absolute Gasteiger partial charge is 0.244 e. The third kappa shape index (κ3) is 7.32. The van der Waals surface area contributed by atoms with Gasteiger partial charge in [0.2, 0.25) is 21.8 Å². The van der Waals surface area contributed by atoms with Crippen molar-refractivity contribution in [3.05, 3.63) is 64.7 Å². The maximum Gasteiger partial charge on any atom is 0.244 e. The molecule has 0 aliphatic carbocycles. The minimum atomic E-state index is -3.73. The number of nitrogens with one attached hydrogen (secondary N) is 1. The van der Waals surface area contributed by atoms with Crippen LogP contribution in [0.25, 0.3) is 0 Å². The first kappa shape index (κ1) is 26.4. The van der Waals surface area contributed by atoms with Gasteiger partial charge in [0.05, 0.1) is 11.9 Å². The maximum atomic E-state index is 13.5. The number of hydrogen-bond acceptors (Lipinski definition) is 4. The maximum absolute atomic E-state index is 13.5. The van der Waals surface area contributed by atoms with E-state index in [2.05, 4.69) is 5.32 Å². The molecule has 0 saturated heterocycles. The van der Waals surface area contributed by atoms with Gasteiger partial charge in [-0.2, -0.15) is 0 Å². The summed E-state index contributed by atoms with van der Waals surface area (Å²) in [6.45, 7) is 11.0. The van der Waals surface area contributed by atoms with Crippen LogP contribution in [0, 0.1) is 20.8 Å². The van der Waals surface area contributed by atoms with Crippen LogP contribution in [0.4, 0.5) is 5.69 Å². The van der Waals surface area contributed by atoms with Gasteiger partial charge in [0, 0.05) is 12.6 Å². The molecule has 1 N–H and O–H groups in total. The largest absolute Gasteiger partial charge is 0.352 e. The van der Waals surface area contributed by atoms with Gasteiger partial charge in [0.1, 0.15) is 12.6 Å². The molecule has 1 unspecified atom stereocenters. The van der Waals surface area contributed by atoms with Gasteiger partial charge in [-0.25, -0.2) is 8.42 Å². The molecule has 2 aromatic rings. The first-order chi connectivity index (χ1) is 15.3. The highest BCUT2D eigenvalue weighted by Gasteiger charge is 2.30. The summed E-state index contributed by atoms with van der Waals surface area (Å²) in [5, 5.41) is 2.84. The zero-order valence-corrected chi connectivity index (χ0v) is 21.4. The van der Waals surface area contributed by atoms with Crippen molar-refractivity contribution in [2.45, 2.75) is 60.2 Å². The highest BCUT2D eigenvalue weighted by molar-refractivity contribution is 7.92. The molecular formula is C25H35N3O4S. The fraction of sp³-hybridized carbons (Fsp3) is 0.440. The zero-order chi connectivity index (χ0) is 24.9. The molecule has 2 amide bonds. The molecule has 33 heavy (non-hydrogen) atoms. The van der Waals surface area contributed by atoms with Crippen LogP contribution in [-0.2, 0) is 26.2 Å². The van der Waals surface area contributed by atoms with E-state index in [-0.39, 0.29) is 18.5 Å². The second kappa shape index (κ2) is 10.8. The van der Waals surface area contributed by atoms with Crippen LogP contribution in [0.1, 0.15) is 43.0 Å². The average molecular weight is 474 g/mol. The molecule has 0 aliphatic rings. The molecule has 180 valence electrons. The summed E-state index contributed by atoms with van der Waals surface area (Å²) in [6.07, 6.45) is 1.08. The number of amides is 2. The number of nitrogens with zero attached hydrogens (tertiary/aromatic N) is 2. The van der Waals surface area contributed by atoms with Crippen molar-refractivity contribution in [1.29, 1.82) is 0 Å². The van der Waals surface area contributed by atoms with Crippen LogP contribution in [0.5, 0.6) is 0 Å². The van der Waals surface area contributed by atoms with E-state index in [0.29, 0.717) is 5.69 Å². The van der Waals surface area contributed by atoms with E-state index in [1.165, 1.54) is 4.90 Å². The monoisotopic (exact) mass is 473 g/mol. The number of aryl methyl sites for hydroxylation is 3. The summed E-state index contributed by atoms with van der Waals surface area (Å²) in [6, 6.07) is 12.1. The van der Waals surface area contributed by atoms with Crippen molar-refractivity contribution in [1.82, 2.24) is 10.2 Å². The molecular weight excluding hydrogens is 438 g/mol. The van der Waals surface area contributed by atoms with Crippen molar-refractivity contribution in [3.8, 4) is 0 Å². The molecule has 0 fully saturated rings. The Kier molecular flexibility index (Phi) is 8.66. The second-order valence-electron chi connectivity index (χ2n) is 8.88. The van der Waals surface area contributed by atoms with Crippen molar-refractivity contribution in [3.63, 3.8) is 0 Å². The van der Waals surface area contributed by atoms with Gasteiger partial charge >= 0.3 is 0 Å². The first-order valence-electron chi connectivity index (χ1n) is 11.0. The van der Waals surface area contributed by atoms with Crippen LogP contribution >= 0.6 is 0 Å². The molecule has 1 atom stereocenters. The van der Waals surface area contributed by atoms with Gasteiger partial charge in [0.25, 0.3) is 0 Å². The molecule has 0 spiro atoms. The topological polar surface area (TPSA) is 86.8 Å². The number of carbonyl (C=O) groups is 2. The summed E-state index contributed by atoms with van der Waals surface area (Å²) in [7, 11) is -3.73. The van der Waals surface area contributed by atoms with Crippen LogP contribution in [-0.4, -0.2) is 50.0 Å². The number of anilines is 1. The average Bonchev–Trinajstić information content (AvgIpc) is 2.71. The van der Waals surface area contributed by atoms with E-state index in [4.69, 9.17) is 0 Å². The summed E-state index contributed by atoms with van der Waals surface area (Å²) >= 11 is 0. The molecule has 8 heteroatoms. The standard InChI is InChI=1S/C25H35N3O4S/c1-17(2)26-25(30)21(6)27(15-22-11-8-18(3)9-12-22)24(29)16-28(33(7,31)32)23-13-10-19(4)20(5)14-23/h8-14,17,21H,15-16H2,1-7H3,(H,26,30). The van der Waals surface area contributed by atoms with Crippen molar-refractivity contribution >= 4 is 27.5 Å². The van der Waals surface area contributed by atoms with Crippen LogP contribution < -0.4 is 9.62 Å². The Labute approximate surface area is 197 Å². The predicted octanol–water partition coefficient (Wildman–Crippen LogP) is 3.32. The quantitative estimate of drug-likeness (QED) is 0.605. The Hall–Kier alpha value is -2.87. The number of carbonyl (C=O) groups excluding carboxylic acids is 2. The lowest BCUT2D eigenvalue weighted by Crippen LogP contribution is -2.52. The van der Waals surface area contributed by atoms with E-state index >= 15 is 0 Å². The lowest BCUT2D eigenvalue weighted by Gasteiger charge is -2.32. The molecule has 0 aromatic heterocycles. The Morgan fingerprint density at radius 3 is 2.06 bits per heavy atom. The molecule has 2 aromatic carbocycles. The van der Waals surface area contributed by atoms with E-state index in [9.17, 15) is 18.0 Å². The van der Waals surface area contributed by atoms with E-state index in [1.54, 1.807) is 19.1 Å². The van der Waals surface area contributed by atoms with Crippen LogP contribution in [0.15, 0.2) is 42.5 Å². The normalized spacial score (nSPS) is 12.4. The molecule has 0 bridgehead atoms. The van der Waals surface area contributed by atoms with Gasteiger partial charge in [-0.3, -0.25) is 13.9 Å². The Morgan fingerprint density at radius 1 is 0.939 bits per heavy atom. The van der Waals surface area contributed by atoms with Crippen molar-refractivity contribution in [2.24, 2.45) is 0 Å². The number of rotatable bonds is 9. The van der Waals surface area contributed by atoms with Gasteiger partial charge in [-0.15, -0.1) is 0 Å². The van der Waals surface area contributed by atoms with Gasteiger partial charge < -0.3 is 10.2 Å². The fourth-order valence-electron chi connectivity index (χ4n) is 3.37. The molecule has 0 radical (unpaired) electrons. The Bertz CT molecular complexity index is 1100. The Balaban J connectivity index is 2.40. The molecule has 0 aliphatic heterocycles. The minimum Gasteiger partial charge on any atom is -0.352 e. The summed E-state index contributed by atoms with van der Waals surface area (Å²) in [4.78, 5) is 27.6. The predicted molar refractivity (Wildman–Crippen MR) is 133 cm³/mol. The lowest BCUT2D eigenvalue weighted by atomic mass is 10.1. The fourth-order valence-corrected chi connectivity index (χ4v) is 4.21. The highest BCUT2D eigenvalue weighted by atomic mass is 32.2. The summed E-state index contributed by atoms with van der Waals surface area (Å²) < 4.78 is 26.3. The second-order valence-corrected chi connectivity index (χ2v) is 10.8. The summed E-state index contributed by atoms with van der Waals surface area (Å²) in [5.74, 6) is -0.742. The van der Waals surface area contributed by atoms with E-state index in [1.807, 2.05) is 65.0 Å². The minimum absolute atomic E-state index is 0.0840. The van der Waals surface area contributed by atoms with Crippen LogP contribution in [0.2, 0.25) is 0 Å². The first-order valence-corrected chi connectivity index (χ1v) is 12.8. The van der Waals surface area contributed by atoms with Crippen molar-refractivity contribution < 1.29 is 18.0 Å². The van der Waals surface area contributed by atoms with Gasteiger partial charge in [0.15, 0.2) is 0 Å². The molecule has 7 nitrogen and oxygen atoms in total.